The van der Waals surface area contributed by atoms with Gasteiger partial charge in [0.2, 0.25) is 5.91 Å². The molecular weight excluding hydrogens is 330 g/mol. The quantitative estimate of drug-likeness (QED) is 0.628. The molecule has 0 saturated heterocycles. The first kappa shape index (κ1) is 19.5. The highest BCUT2D eigenvalue weighted by Gasteiger charge is 2.10. The SMILES string of the molecule is COCCCC(=O)N[C@@H](C)c1ccc(NC(=O)Nc2ccccc2)cc1. The van der Waals surface area contributed by atoms with Crippen LogP contribution in [-0.4, -0.2) is 25.7 Å². The molecule has 0 spiro atoms. The summed E-state index contributed by atoms with van der Waals surface area (Å²) in [6, 6.07) is 16.2. The molecule has 0 bridgehead atoms. The van der Waals surface area contributed by atoms with E-state index >= 15 is 0 Å². The van der Waals surface area contributed by atoms with E-state index in [0.29, 0.717) is 25.1 Å². The molecule has 26 heavy (non-hydrogen) atoms. The predicted molar refractivity (Wildman–Crippen MR) is 103 cm³/mol. The molecule has 6 heteroatoms. The smallest absolute Gasteiger partial charge is 0.323 e. The highest BCUT2D eigenvalue weighted by Crippen LogP contribution is 2.17. The van der Waals surface area contributed by atoms with Crippen LogP contribution in [0.5, 0.6) is 0 Å². The van der Waals surface area contributed by atoms with Crippen molar-refractivity contribution in [3.05, 3.63) is 60.2 Å². The standard InChI is InChI=1S/C20H25N3O3/c1-15(21-19(24)9-6-14-26-2)16-10-12-18(13-11-16)23-20(25)22-17-7-4-3-5-8-17/h3-5,7-8,10-13,15H,6,9,14H2,1-2H3,(H,21,24)(H2,22,23,25)/t15-/m0/s1. The van der Waals surface area contributed by atoms with Crippen LogP contribution in [0, 0.1) is 0 Å². The first-order valence-electron chi connectivity index (χ1n) is 8.60. The summed E-state index contributed by atoms with van der Waals surface area (Å²) < 4.78 is 4.94. The zero-order chi connectivity index (χ0) is 18.8. The molecule has 1 atom stereocenters. The van der Waals surface area contributed by atoms with Crippen molar-refractivity contribution in [3.63, 3.8) is 0 Å². The van der Waals surface area contributed by atoms with Gasteiger partial charge in [0.1, 0.15) is 0 Å². The minimum Gasteiger partial charge on any atom is -0.385 e. The zero-order valence-electron chi connectivity index (χ0n) is 15.1. The van der Waals surface area contributed by atoms with E-state index in [9.17, 15) is 9.59 Å². The summed E-state index contributed by atoms with van der Waals surface area (Å²) in [5, 5.41) is 8.50. The second-order valence-electron chi connectivity index (χ2n) is 5.95. The maximum atomic E-state index is 12.0. The fourth-order valence-corrected chi connectivity index (χ4v) is 2.44. The van der Waals surface area contributed by atoms with Crippen LogP contribution >= 0.6 is 0 Å². The number of nitrogens with one attached hydrogen (secondary N) is 3. The average Bonchev–Trinajstić information content (AvgIpc) is 2.63. The summed E-state index contributed by atoms with van der Waals surface area (Å²) in [7, 11) is 1.62. The molecule has 2 aromatic carbocycles. The number of methoxy groups -OCH3 is 1. The minimum absolute atomic E-state index is 0.000935. The van der Waals surface area contributed by atoms with Crippen molar-refractivity contribution in [1.82, 2.24) is 5.32 Å². The molecule has 0 fully saturated rings. The summed E-state index contributed by atoms with van der Waals surface area (Å²) in [6.45, 7) is 2.51. The van der Waals surface area contributed by atoms with Gasteiger partial charge >= 0.3 is 6.03 Å². The number of anilines is 2. The van der Waals surface area contributed by atoms with Crippen LogP contribution < -0.4 is 16.0 Å². The van der Waals surface area contributed by atoms with Crippen LogP contribution in [0.3, 0.4) is 0 Å². The molecule has 0 aliphatic heterocycles. The third kappa shape index (κ3) is 6.57. The van der Waals surface area contributed by atoms with E-state index in [2.05, 4.69) is 16.0 Å². The van der Waals surface area contributed by atoms with Crippen LogP contribution in [0.15, 0.2) is 54.6 Å². The first-order valence-corrected chi connectivity index (χ1v) is 8.60. The van der Waals surface area contributed by atoms with Crippen molar-refractivity contribution in [2.75, 3.05) is 24.4 Å². The second kappa shape index (κ2) is 10.2. The Morgan fingerprint density at radius 2 is 1.58 bits per heavy atom. The average molecular weight is 355 g/mol. The van der Waals surface area contributed by atoms with Gasteiger partial charge in [0, 0.05) is 31.5 Å². The Hall–Kier alpha value is -2.86. The highest BCUT2D eigenvalue weighted by atomic mass is 16.5. The molecule has 0 saturated carbocycles. The van der Waals surface area contributed by atoms with Crippen molar-refractivity contribution in [2.24, 2.45) is 0 Å². The fourth-order valence-electron chi connectivity index (χ4n) is 2.44. The van der Waals surface area contributed by atoms with Gasteiger partial charge in [-0.05, 0) is 43.2 Å². The number of carbonyl (C=O) groups is 2. The van der Waals surface area contributed by atoms with Crippen molar-refractivity contribution >= 4 is 23.3 Å². The van der Waals surface area contributed by atoms with Gasteiger partial charge in [-0.15, -0.1) is 0 Å². The summed E-state index contributed by atoms with van der Waals surface area (Å²) in [6.07, 6.45) is 1.14. The lowest BCUT2D eigenvalue weighted by atomic mass is 10.1. The Bertz CT molecular complexity index is 702. The van der Waals surface area contributed by atoms with Gasteiger partial charge < -0.3 is 20.7 Å². The third-order valence-electron chi connectivity index (χ3n) is 3.83. The lowest BCUT2D eigenvalue weighted by molar-refractivity contribution is -0.122. The molecule has 3 amide bonds. The fraction of sp³-hybridized carbons (Fsp3) is 0.300. The molecule has 0 aromatic heterocycles. The Balaban J connectivity index is 1.83. The number of rotatable bonds is 8. The Morgan fingerprint density at radius 3 is 2.19 bits per heavy atom. The molecule has 2 rings (SSSR count). The summed E-state index contributed by atoms with van der Waals surface area (Å²) in [4.78, 5) is 23.8. The molecule has 0 unspecified atom stereocenters. The molecule has 0 aliphatic carbocycles. The molecule has 0 aliphatic rings. The van der Waals surface area contributed by atoms with Crippen LogP contribution in [-0.2, 0) is 9.53 Å². The lowest BCUT2D eigenvalue weighted by Gasteiger charge is -2.15. The predicted octanol–water partition coefficient (Wildman–Crippen LogP) is 3.93. The van der Waals surface area contributed by atoms with E-state index in [1.165, 1.54) is 0 Å². The molecule has 0 radical (unpaired) electrons. The van der Waals surface area contributed by atoms with Crippen molar-refractivity contribution in [3.8, 4) is 0 Å². The maximum Gasteiger partial charge on any atom is 0.323 e. The zero-order valence-corrected chi connectivity index (χ0v) is 15.1. The van der Waals surface area contributed by atoms with Gasteiger partial charge in [-0.2, -0.15) is 0 Å². The first-order chi connectivity index (χ1) is 12.6. The van der Waals surface area contributed by atoms with Gasteiger partial charge in [0.25, 0.3) is 0 Å². The molecule has 2 aromatic rings. The minimum atomic E-state index is -0.302. The van der Waals surface area contributed by atoms with Gasteiger partial charge in [0.15, 0.2) is 0 Å². The molecule has 138 valence electrons. The number of para-hydroxylation sites is 1. The van der Waals surface area contributed by atoms with E-state index in [-0.39, 0.29) is 18.0 Å². The van der Waals surface area contributed by atoms with Crippen molar-refractivity contribution < 1.29 is 14.3 Å². The monoisotopic (exact) mass is 355 g/mol. The normalized spacial score (nSPS) is 11.5. The van der Waals surface area contributed by atoms with Crippen LogP contribution in [0.25, 0.3) is 0 Å². The van der Waals surface area contributed by atoms with Gasteiger partial charge in [-0.1, -0.05) is 30.3 Å². The van der Waals surface area contributed by atoms with E-state index in [1.54, 1.807) is 7.11 Å². The number of urea groups is 1. The van der Waals surface area contributed by atoms with Crippen LogP contribution in [0.4, 0.5) is 16.2 Å². The Labute approximate surface area is 153 Å². The highest BCUT2D eigenvalue weighted by molar-refractivity contribution is 5.99. The number of amides is 3. The summed E-state index contributed by atoms with van der Waals surface area (Å²) in [5.74, 6) is -0.000935. The summed E-state index contributed by atoms with van der Waals surface area (Å²) >= 11 is 0. The third-order valence-corrected chi connectivity index (χ3v) is 3.83. The largest absolute Gasteiger partial charge is 0.385 e. The number of benzene rings is 2. The van der Waals surface area contributed by atoms with Gasteiger partial charge in [-0.25, -0.2) is 4.79 Å². The topological polar surface area (TPSA) is 79.5 Å². The summed E-state index contributed by atoms with van der Waals surface area (Å²) in [5.41, 5.74) is 2.38. The Morgan fingerprint density at radius 1 is 0.962 bits per heavy atom. The van der Waals surface area contributed by atoms with Crippen LogP contribution in [0.2, 0.25) is 0 Å². The number of carbonyl (C=O) groups excluding carboxylic acids is 2. The second-order valence-corrected chi connectivity index (χ2v) is 5.95. The van der Waals surface area contributed by atoms with Gasteiger partial charge in [0.05, 0.1) is 6.04 Å². The maximum absolute atomic E-state index is 12.0. The lowest BCUT2D eigenvalue weighted by Crippen LogP contribution is -2.26. The number of hydrogen-bond donors (Lipinski definition) is 3. The van der Waals surface area contributed by atoms with E-state index in [4.69, 9.17) is 4.74 Å². The van der Waals surface area contributed by atoms with Gasteiger partial charge in [-0.3, -0.25) is 4.79 Å². The van der Waals surface area contributed by atoms with E-state index in [0.717, 1.165) is 11.3 Å². The molecular formula is C20H25N3O3. The van der Waals surface area contributed by atoms with E-state index < -0.39 is 0 Å². The van der Waals surface area contributed by atoms with E-state index in [1.807, 2.05) is 61.5 Å². The van der Waals surface area contributed by atoms with Crippen molar-refractivity contribution in [1.29, 1.82) is 0 Å². The molecule has 3 N–H and O–H groups in total. The number of ether oxygens (including phenoxy) is 1. The van der Waals surface area contributed by atoms with Crippen LogP contribution in [0.1, 0.15) is 31.4 Å². The van der Waals surface area contributed by atoms with Crippen molar-refractivity contribution in [2.45, 2.75) is 25.8 Å². The molecule has 0 heterocycles. The Kier molecular flexibility index (Phi) is 7.64. The number of hydrogen-bond acceptors (Lipinski definition) is 3. The molecule has 6 nitrogen and oxygen atoms in total.